The molecule has 30 heavy (non-hydrogen) atoms. The van der Waals surface area contributed by atoms with Crippen LogP contribution in [0.1, 0.15) is 44.2 Å². The molecule has 2 aromatic carbocycles. The van der Waals surface area contributed by atoms with Crippen LogP contribution >= 0.6 is 23.2 Å². The number of rotatable bonds is 4. The predicted molar refractivity (Wildman–Crippen MR) is 115 cm³/mol. The van der Waals surface area contributed by atoms with Crippen LogP contribution in [0.2, 0.25) is 10.0 Å². The van der Waals surface area contributed by atoms with Gasteiger partial charge in [0, 0.05) is 28.6 Å². The molecule has 2 unspecified atom stereocenters. The van der Waals surface area contributed by atoms with Gasteiger partial charge in [-0.15, -0.1) is 0 Å². The molecule has 160 valence electrons. The van der Waals surface area contributed by atoms with Crippen molar-refractivity contribution in [2.24, 2.45) is 5.41 Å². The molecule has 7 heteroatoms. The monoisotopic (exact) mass is 452 g/mol. The van der Waals surface area contributed by atoms with Gasteiger partial charge in [-0.2, -0.15) is 5.26 Å². The van der Waals surface area contributed by atoms with Crippen molar-refractivity contribution in [2.75, 3.05) is 6.61 Å². The number of nitrogens with one attached hydrogen (secondary N) is 1. The zero-order valence-electron chi connectivity index (χ0n) is 17.0. The van der Waals surface area contributed by atoms with E-state index in [1.807, 2.05) is 20.8 Å². The minimum atomic E-state index is -1.49. The van der Waals surface area contributed by atoms with E-state index in [9.17, 15) is 10.4 Å². The summed E-state index contributed by atoms with van der Waals surface area (Å²) >= 11 is 12.0. The summed E-state index contributed by atoms with van der Waals surface area (Å²) in [6.45, 7) is 5.68. The highest BCUT2D eigenvalue weighted by atomic mass is 35.5. The van der Waals surface area contributed by atoms with Crippen LogP contribution in [0.25, 0.3) is 0 Å². The lowest BCUT2D eigenvalue weighted by atomic mass is 9.63. The zero-order valence-corrected chi connectivity index (χ0v) is 18.5. The summed E-state index contributed by atoms with van der Waals surface area (Å²) in [6.07, 6.45) is 0.498. The zero-order chi connectivity index (χ0) is 22.3. The van der Waals surface area contributed by atoms with Gasteiger partial charge in [0.25, 0.3) is 0 Å². The predicted octanol–water partition coefficient (Wildman–Crippen LogP) is 5.59. The smallest absolute Gasteiger partial charge is 0.145 e. The Kier molecular flexibility index (Phi) is 6.46. The van der Waals surface area contributed by atoms with Crippen LogP contribution in [0.4, 0.5) is 8.78 Å². The van der Waals surface area contributed by atoms with Crippen LogP contribution in [0.5, 0.6) is 0 Å². The molecule has 1 heterocycles. The van der Waals surface area contributed by atoms with Crippen LogP contribution in [-0.2, 0) is 5.41 Å². The molecule has 0 aliphatic carbocycles. The number of aliphatic hydroxyl groups is 1. The van der Waals surface area contributed by atoms with E-state index in [1.165, 1.54) is 24.3 Å². The van der Waals surface area contributed by atoms with Crippen molar-refractivity contribution in [1.82, 2.24) is 5.32 Å². The fourth-order valence-electron chi connectivity index (χ4n) is 4.62. The Morgan fingerprint density at radius 2 is 1.90 bits per heavy atom. The number of benzene rings is 2. The van der Waals surface area contributed by atoms with Crippen LogP contribution in [0.15, 0.2) is 36.4 Å². The number of hydrogen-bond donors (Lipinski definition) is 2. The Bertz CT molecular complexity index is 986. The van der Waals surface area contributed by atoms with Gasteiger partial charge in [0.05, 0.1) is 17.7 Å². The minimum Gasteiger partial charge on any atom is -0.395 e. The quantitative estimate of drug-likeness (QED) is 0.635. The van der Waals surface area contributed by atoms with Crippen molar-refractivity contribution >= 4 is 23.2 Å². The fraction of sp³-hybridized carbons (Fsp3) is 0.435. The van der Waals surface area contributed by atoms with Crippen molar-refractivity contribution in [2.45, 2.75) is 50.6 Å². The van der Waals surface area contributed by atoms with Crippen LogP contribution in [0, 0.1) is 28.4 Å². The molecule has 2 N–H and O–H groups in total. The molecular formula is C23H24Cl2F2N2O. The number of halogens is 4. The minimum absolute atomic E-state index is 0.0909. The number of hydrogen-bond acceptors (Lipinski definition) is 3. The van der Waals surface area contributed by atoms with E-state index in [2.05, 4.69) is 11.4 Å². The van der Waals surface area contributed by atoms with E-state index in [4.69, 9.17) is 23.2 Å². The lowest BCUT2D eigenvalue weighted by Gasteiger charge is -2.37. The van der Waals surface area contributed by atoms with Crippen LogP contribution < -0.4 is 5.32 Å². The van der Waals surface area contributed by atoms with E-state index in [1.54, 1.807) is 6.07 Å². The van der Waals surface area contributed by atoms with Crippen LogP contribution in [0.3, 0.4) is 0 Å². The highest BCUT2D eigenvalue weighted by Gasteiger charge is 2.59. The molecule has 4 atom stereocenters. The molecule has 1 aliphatic rings. The average molecular weight is 453 g/mol. The molecule has 0 bridgehead atoms. The van der Waals surface area contributed by atoms with Crippen LogP contribution in [-0.4, -0.2) is 23.8 Å². The van der Waals surface area contributed by atoms with E-state index < -0.39 is 35.1 Å². The lowest BCUT2D eigenvalue weighted by Crippen LogP contribution is -2.44. The summed E-state index contributed by atoms with van der Waals surface area (Å²) in [6, 6.07) is 9.81. The van der Waals surface area contributed by atoms with Crippen molar-refractivity contribution in [3.8, 4) is 6.07 Å². The van der Waals surface area contributed by atoms with Gasteiger partial charge in [-0.3, -0.25) is 0 Å². The van der Waals surface area contributed by atoms with Gasteiger partial charge in [0.2, 0.25) is 0 Å². The lowest BCUT2D eigenvalue weighted by molar-refractivity contribution is 0.236. The Hall–Kier alpha value is -1.71. The summed E-state index contributed by atoms with van der Waals surface area (Å²) in [4.78, 5) is 0. The molecule has 0 saturated carbocycles. The largest absolute Gasteiger partial charge is 0.395 e. The number of nitrogens with zero attached hydrogens (tertiary/aromatic N) is 1. The van der Waals surface area contributed by atoms with Gasteiger partial charge in [-0.1, -0.05) is 62.2 Å². The summed E-state index contributed by atoms with van der Waals surface area (Å²) in [7, 11) is 0. The van der Waals surface area contributed by atoms with Gasteiger partial charge < -0.3 is 10.4 Å². The Labute approximate surface area is 185 Å². The van der Waals surface area contributed by atoms with Crippen molar-refractivity contribution in [3.63, 3.8) is 0 Å². The highest BCUT2D eigenvalue weighted by molar-refractivity contribution is 6.31. The molecular weight excluding hydrogens is 429 g/mol. The molecule has 0 aromatic heterocycles. The maximum absolute atomic E-state index is 15.2. The molecule has 1 fully saturated rings. The number of nitriles is 1. The average Bonchev–Trinajstić information content (AvgIpc) is 2.96. The number of aliphatic hydroxyl groups excluding tert-OH is 1. The second kappa shape index (κ2) is 8.43. The maximum Gasteiger partial charge on any atom is 0.145 e. The molecule has 3 nitrogen and oxygen atoms in total. The van der Waals surface area contributed by atoms with Gasteiger partial charge in [0.1, 0.15) is 17.0 Å². The van der Waals surface area contributed by atoms with E-state index in [0.29, 0.717) is 6.42 Å². The van der Waals surface area contributed by atoms with Crippen molar-refractivity contribution in [1.29, 1.82) is 5.26 Å². The third-order valence-corrected chi connectivity index (χ3v) is 6.28. The Balaban J connectivity index is 2.33. The van der Waals surface area contributed by atoms with Gasteiger partial charge in [-0.25, -0.2) is 8.78 Å². The molecule has 1 aliphatic heterocycles. The standard InChI is InChI=1S/C23H24Cl2F2N2O/c1-22(2,3)10-19-23(12-28,15-8-7-13(24)9-17(15)26)20(18(11-30)29-19)14-5-4-6-16(25)21(14)27/h4-9,18-20,29-30H,10-11H2,1-3H3/t18-,19?,20-,23?/m0/s1. The first-order valence-electron chi connectivity index (χ1n) is 9.72. The first kappa shape index (κ1) is 23.0. The summed E-state index contributed by atoms with van der Waals surface area (Å²) < 4.78 is 30.3. The Morgan fingerprint density at radius 3 is 2.47 bits per heavy atom. The van der Waals surface area contributed by atoms with Gasteiger partial charge in [0.15, 0.2) is 0 Å². The summed E-state index contributed by atoms with van der Waals surface area (Å²) in [5.74, 6) is -2.18. The first-order chi connectivity index (χ1) is 14.0. The van der Waals surface area contributed by atoms with E-state index >= 15 is 8.78 Å². The van der Waals surface area contributed by atoms with Gasteiger partial charge >= 0.3 is 0 Å². The second-order valence-electron chi connectivity index (χ2n) is 9.00. The molecule has 2 aromatic rings. The maximum atomic E-state index is 15.2. The van der Waals surface area contributed by atoms with Crippen molar-refractivity contribution < 1.29 is 13.9 Å². The topological polar surface area (TPSA) is 56.0 Å². The molecule has 0 amide bonds. The van der Waals surface area contributed by atoms with Gasteiger partial charge in [-0.05, 0) is 35.6 Å². The first-order valence-corrected chi connectivity index (χ1v) is 10.5. The van der Waals surface area contributed by atoms with E-state index in [0.717, 1.165) is 6.07 Å². The summed E-state index contributed by atoms with van der Waals surface area (Å²) in [5, 5.41) is 24.0. The van der Waals surface area contributed by atoms with E-state index in [-0.39, 0.29) is 33.2 Å². The molecule has 0 spiro atoms. The third-order valence-electron chi connectivity index (χ3n) is 5.75. The molecule has 0 radical (unpaired) electrons. The third kappa shape index (κ3) is 3.94. The normalized spacial score (nSPS) is 26.6. The molecule has 3 rings (SSSR count). The Morgan fingerprint density at radius 1 is 1.20 bits per heavy atom. The SMILES string of the molecule is CC(C)(C)CC1N[C@@H](CO)[C@H](c2cccc(Cl)c2F)C1(C#N)c1ccc(Cl)cc1F. The van der Waals surface area contributed by atoms with Crippen molar-refractivity contribution in [3.05, 3.63) is 69.2 Å². The fourth-order valence-corrected chi connectivity index (χ4v) is 4.96. The summed E-state index contributed by atoms with van der Waals surface area (Å²) in [5.41, 5.74) is -1.41. The second-order valence-corrected chi connectivity index (χ2v) is 9.84. The molecule has 1 saturated heterocycles. The highest BCUT2D eigenvalue weighted by Crippen LogP contribution is 2.52.